The zero-order valence-corrected chi connectivity index (χ0v) is 12.5. The molecule has 0 amide bonds. The summed E-state index contributed by atoms with van der Waals surface area (Å²) in [6.45, 7) is -0.799. The standard InChI is InChI=1S/C14H20F3N3O/c1-19(2)12(20(3)4)18-10-13(21,14(15,16)17)11-8-6-5-7-9-11/h5-9,21H,10H2,1-4H3. The molecule has 1 rings (SSSR count). The number of alkyl halides is 3. The molecule has 0 aliphatic rings. The van der Waals surface area contributed by atoms with Gasteiger partial charge in [-0.1, -0.05) is 30.3 Å². The lowest BCUT2D eigenvalue weighted by Gasteiger charge is -2.31. The van der Waals surface area contributed by atoms with Crippen molar-refractivity contribution in [1.29, 1.82) is 0 Å². The van der Waals surface area contributed by atoms with Crippen molar-refractivity contribution in [3.8, 4) is 0 Å². The van der Waals surface area contributed by atoms with Crippen LogP contribution in [0.25, 0.3) is 0 Å². The second kappa shape index (κ2) is 6.34. The molecule has 1 atom stereocenters. The zero-order valence-electron chi connectivity index (χ0n) is 12.5. The molecule has 0 aliphatic heterocycles. The number of hydrogen-bond donors (Lipinski definition) is 1. The van der Waals surface area contributed by atoms with Gasteiger partial charge in [0.2, 0.25) is 5.60 Å². The zero-order chi connectivity index (χ0) is 16.3. The van der Waals surface area contributed by atoms with Crippen LogP contribution in [-0.2, 0) is 5.60 Å². The Bertz CT molecular complexity index is 476. The molecule has 1 unspecified atom stereocenters. The maximum Gasteiger partial charge on any atom is 0.423 e. The highest BCUT2D eigenvalue weighted by atomic mass is 19.4. The Hall–Kier alpha value is -1.76. The van der Waals surface area contributed by atoms with Gasteiger partial charge in [0.25, 0.3) is 0 Å². The van der Waals surface area contributed by atoms with Gasteiger partial charge in [-0.2, -0.15) is 13.2 Å². The van der Waals surface area contributed by atoms with Crippen LogP contribution in [0.2, 0.25) is 0 Å². The Kier molecular flexibility index (Phi) is 5.22. The molecular weight excluding hydrogens is 283 g/mol. The number of nitrogens with zero attached hydrogens (tertiary/aromatic N) is 3. The molecule has 1 aromatic rings. The first kappa shape index (κ1) is 17.3. The van der Waals surface area contributed by atoms with E-state index in [2.05, 4.69) is 4.99 Å². The summed E-state index contributed by atoms with van der Waals surface area (Å²) in [5.74, 6) is 0.341. The maximum atomic E-state index is 13.3. The predicted octanol–water partition coefficient (Wildman–Crippen LogP) is 1.92. The Morgan fingerprint density at radius 1 is 1.05 bits per heavy atom. The van der Waals surface area contributed by atoms with Crippen LogP contribution in [0, 0.1) is 0 Å². The average Bonchev–Trinajstić information content (AvgIpc) is 2.37. The molecule has 118 valence electrons. The lowest BCUT2D eigenvalue weighted by Crippen LogP contribution is -2.46. The SMILES string of the molecule is CN(C)C(=NCC(O)(c1ccccc1)C(F)(F)F)N(C)C. The van der Waals surface area contributed by atoms with Gasteiger partial charge < -0.3 is 14.9 Å². The smallest absolute Gasteiger partial charge is 0.375 e. The molecule has 7 heteroatoms. The molecule has 0 radical (unpaired) electrons. The lowest BCUT2D eigenvalue weighted by molar-refractivity contribution is -0.262. The van der Waals surface area contributed by atoms with E-state index in [1.165, 1.54) is 24.3 Å². The largest absolute Gasteiger partial charge is 0.423 e. The van der Waals surface area contributed by atoms with Gasteiger partial charge in [-0.15, -0.1) is 0 Å². The molecule has 0 fully saturated rings. The van der Waals surface area contributed by atoms with Gasteiger partial charge in [-0.05, 0) is 5.56 Å². The first-order chi connectivity index (χ1) is 9.59. The average molecular weight is 303 g/mol. The van der Waals surface area contributed by atoms with E-state index in [0.717, 1.165) is 0 Å². The maximum absolute atomic E-state index is 13.3. The Morgan fingerprint density at radius 3 is 1.90 bits per heavy atom. The van der Waals surface area contributed by atoms with Crippen molar-refractivity contribution in [1.82, 2.24) is 9.80 Å². The number of guanidine groups is 1. The quantitative estimate of drug-likeness (QED) is 0.685. The van der Waals surface area contributed by atoms with E-state index >= 15 is 0 Å². The van der Waals surface area contributed by atoms with Gasteiger partial charge in [-0.25, -0.2) is 4.99 Å². The van der Waals surface area contributed by atoms with E-state index in [0.29, 0.717) is 5.96 Å². The fraction of sp³-hybridized carbons (Fsp3) is 0.500. The van der Waals surface area contributed by atoms with Crippen LogP contribution < -0.4 is 0 Å². The van der Waals surface area contributed by atoms with Crippen molar-refractivity contribution in [3.63, 3.8) is 0 Å². The third kappa shape index (κ3) is 3.87. The summed E-state index contributed by atoms with van der Waals surface area (Å²) in [5, 5.41) is 10.2. The van der Waals surface area contributed by atoms with Crippen LogP contribution in [-0.4, -0.2) is 61.8 Å². The number of benzene rings is 1. The van der Waals surface area contributed by atoms with E-state index in [4.69, 9.17) is 0 Å². The van der Waals surface area contributed by atoms with Crippen LogP contribution in [0.3, 0.4) is 0 Å². The minimum Gasteiger partial charge on any atom is -0.375 e. The van der Waals surface area contributed by atoms with Crippen LogP contribution in [0.15, 0.2) is 35.3 Å². The number of hydrogen-bond acceptors (Lipinski definition) is 2. The van der Waals surface area contributed by atoms with Gasteiger partial charge in [-0.3, -0.25) is 0 Å². The molecule has 0 saturated heterocycles. The highest BCUT2D eigenvalue weighted by Gasteiger charge is 2.55. The summed E-state index contributed by atoms with van der Waals surface area (Å²) in [6.07, 6.45) is -4.82. The molecule has 0 aromatic heterocycles. The highest BCUT2D eigenvalue weighted by Crippen LogP contribution is 2.39. The van der Waals surface area contributed by atoms with Crippen molar-refractivity contribution in [2.45, 2.75) is 11.8 Å². The molecule has 1 N–H and O–H groups in total. The van der Waals surface area contributed by atoms with Crippen LogP contribution in [0.4, 0.5) is 13.2 Å². The molecule has 0 bridgehead atoms. The minimum absolute atomic E-state index is 0.224. The lowest BCUT2D eigenvalue weighted by atomic mass is 9.93. The Labute approximate surface area is 122 Å². The van der Waals surface area contributed by atoms with Crippen molar-refractivity contribution in [2.24, 2.45) is 4.99 Å². The van der Waals surface area contributed by atoms with E-state index in [-0.39, 0.29) is 5.56 Å². The summed E-state index contributed by atoms with van der Waals surface area (Å²) < 4.78 is 39.9. The highest BCUT2D eigenvalue weighted by molar-refractivity contribution is 5.79. The van der Waals surface area contributed by atoms with Crippen LogP contribution in [0.5, 0.6) is 0 Å². The first-order valence-corrected chi connectivity index (χ1v) is 6.33. The summed E-state index contributed by atoms with van der Waals surface area (Å²) in [4.78, 5) is 7.11. The van der Waals surface area contributed by atoms with Crippen molar-refractivity contribution >= 4 is 5.96 Å². The number of aliphatic hydroxyl groups is 1. The van der Waals surface area contributed by atoms with E-state index in [9.17, 15) is 18.3 Å². The number of halogens is 3. The third-order valence-electron chi connectivity index (χ3n) is 2.97. The molecule has 4 nitrogen and oxygen atoms in total. The molecule has 0 spiro atoms. The van der Waals surface area contributed by atoms with E-state index in [1.54, 1.807) is 44.1 Å². The van der Waals surface area contributed by atoms with Gasteiger partial charge >= 0.3 is 6.18 Å². The van der Waals surface area contributed by atoms with Crippen LogP contribution in [0.1, 0.15) is 5.56 Å². The fourth-order valence-electron chi connectivity index (χ4n) is 1.93. The predicted molar refractivity (Wildman–Crippen MR) is 76.1 cm³/mol. The molecular formula is C14H20F3N3O. The van der Waals surface area contributed by atoms with Crippen molar-refractivity contribution in [2.75, 3.05) is 34.7 Å². The summed E-state index contributed by atoms with van der Waals surface area (Å²) in [6, 6.07) is 6.99. The monoisotopic (exact) mass is 303 g/mol. The normalized spacial score (nSPS) is 14.3. The summed E-state index contributed by atoms with van der Waals surface area (Å²) >= 11 is 0. The molecule has 0 aliphatic carbocycles. The second-order valence-electron chi connectivity index (χ2n) is 5.13. The van der Waals surface area contributed by atoms with Crippen molar-refractivity contribution in [3.05, 3.63) is 35.9 Å². The molecule has 0 saturated carbocycles. The Morgan fingerprint density at radius 2 is 1.52 bits per heavy atom. The molecule has 1 aromatic carbocycles. The number of aliphatic imine (C=N–C) groups is 1. The number of rotatable bonds is 3. The van der Waals surface area contributed by atoms with Crippen molar-refractivity contribution < 1.29 is 18.3 Å². The second-order valence-corrected chi connectivity index (χ2v) is 5.13. The summed E-state index contributed by atoms with van der Waals surface area (Å²) in [7, 11) is 6.70. The Balaban J connectivity index is 3.20. The topological polar surface area (TPSA) is 39.1 Å². The minimum atomic E-state index is -4.82. The van der Waals surface area contributed by atoms with Gasteiger partial charge in [0, 0.05) is 28.2 Å². The van der Waals surface area contributed by atoms with E-state index < -0.39 is 18.3 Å². The first-order valence-electron chi connectivity index (χ1n) is 6.33. The fourth-order valence-corrected chi connectivity index (χ4v) is 1.93. The third-order valence-corrected chi connectivity index (χ3v) is 2.97. The van der Waals surface area contributed by atoms with Gasteiger partial charge in [0.1, 0.15) is 0 Å². The van der Waals surface area contributed by atoms with Gasteiger partial charge in [0.05, 0.1) is 6.54 Å². The molecule has 21 heavy (non-hydrogen) atoms. The molecule has 0 heterocycles. The van der Waals surface area contributed by atoms with Crippen LogP contribution >= 0.6 is 0 Å². The summed E-state index contributed by atoms with van der Waals surface area (Å²) in [5.41, 5.74) is -3.23. The van der Waals surface area contributed by atoms with Gasteiger partial charge in [0.15, 0.2) is 5.96 Å². The van der Waals surface area contributed by atoms with E-state index in [1.807, 2.05) is 0 Å².